The fourth-order valence-corrected chi connectivity index (χ4v) is 4.19. The first-order chi connectivity index (χ1) is 9.79. The molecule has 0 atom stereocenters. The van der Waals surface area contributed by atoms with Gasteiger partial charge in [-0.25, -0.2) is 13.1 Å². The number of hydrogen-bond donors (Lipinski definition) is 2. The van der Waals surface area contributed by atoms with Crippen LogP contribution in [0.3, 0.4) is 0 Å². The third-order valence-electron chi connectivity index (χ3n) is 3.56. The van der Waals surface area contributed by atoms with Crippen molar-refractivity contribution in [2.75, 3.05) is 20.1 Å². The van der Waals surface area contributed by atoms with Gasteiger partial charge in [0.15, 0.2) is 0 Å². The maximum atomic E-state index is 12.4. The SMILES string of the molecule is CN1CCC(NS(=O)(=O)c2ccc(C(N)=S)c(Cl)c2)CC1. The summed E-state index contributed by atoms with van der Waals surface area (Å²) in [4.78, 5) is 2.46. The molecule has 3 N–H and O–H groups in total. The van der Waals surface area contributed by atoms with Gasteiger partial charge in [-0.3, -0.25) is 0 Å². The van der Waals surface area contributed by atoms with E-state index in [2.05, 4.69) is 9.62 Å². The smallest absolute Gasteiger partial charge is 0.240 e. The summed E-state index contributed by atoms with van der Waals surface area (Å²) in [5.74, 6) is 0. The van der Waals surface area contributed by atoms with Gasteiger partial charge in [0.25, 0.3) is 0 Å². The molecule has 0 bridgehead atoms. The van der Waals surface area contributed by atoms with Crippen molar-refractivity contribution in [2.45, 2.75) is 23.8 Å². The first-order valence-electron chi connectivity index (χ1n) is 6.60. The lowest BCUT2D eigenvalue weighted by atomic mass is 10.1. The Morgan fingerprint density at radius 3 is 2.57 bits per heavy atom. The van der Waals surface area contributed by atoms with E-state index >= 15 is 0 Å². The monoisotopic (exact) mass is 347 g/mol. The number of halogens is 1. The van der Waals surface area contributed by atoms with Crippen LogP contribution < -0.4 is 10.5 Å². The van der Waals surface area contributed by atoms with Crippen LogP contribution in [0, 0.1) is 0 Å². The molecule has 0 aromatic heterocycles. The third kappa shape index (κ3) is 4.14. The summed E-state index contributed by atoms with van der Waals surface area (Å²) in [6.45, 7) is 1.77. The molecule has 0 amide bonds. The minimum absolute atomic E-state index is 0.0414. The van der Waals surface area contributed by atoms with Crippen LogP contribution in [0.5, 0.6) is 0 Å². The molecule has 2 rings (SSSR count). The van der Waals surface area contributed by atoms with Crippen molar-refractivity contribution in [2.24, 2.45) is 5.73 Å². The van der Waals surface area contributed by atoms with Crippen LogP contribution in [0.4, 0.5) is 0 Å². The summed E-state index contributed by atoms with van der Waals surface area (Å²) in [5, 5.41) is 0.244. The average Bonchev–Trinajstić information content (AvgIpc) is 2.40. The Kier molecular flexibility index (Phi) is 5.21. The Bertz CT molecular complexity index is 641. The number of benzene rings is 1. The molecule has 1 saturated heterocycles. The fourth-order valence-electron chi connectivity index (χ4n) is 2.28. The molecule has 1 fully saturated rings. The Labute approximate surface area is 135 Å². The second kappa shape index (κ2) is 6.58. The van der Waals surface area contributed by atoms with Gasteiger partial charge in [0.2, 0.25) is 10.0 Å². The lowest BCUT2D eigenvalue weighted by Gasteiger charge is -2.29. The molecule has 1 aliphatic rings. The molecule has 1 aliphatic heterocycles. The van der Waals surface area contributed by atoms with Gasteiger partial charge in [0, 0.05) is 11.6 Å². The van der Waals surface area contributed by atoms with E-state index in [1.54, 1.807) is 0 Å². The highest BCUT2D eigenvalue weighted by atomic mass is 35.5. The van der Waals surface area contributed by atoms with Crippen molar-refractivity contribution < 1.29 is 8.42 Å². The number of nitrogens with two attached hydrogens (primary N) is 1. The highest BCUT2D eigenvalue weighted by molar-refractivity contribution is 7.89. The van der Waals surface area contributed by atoms with E-state index in [1.165, 1.54) is 18.2 Å². The number of nitrogens with one attached hydrogen (secondary N) is 1. The highest BCUT2D eigenvalue weighted by Gasteiger charge is 2.24. The number of sulfonamides is 1. The second-order valence-corrected chi connectivity index (χ2v) is 7.77. The zero-order valence-corrected chi connectivity index (χ0v) is 14.1. The zero-order valence-electron chi connectivity index (χ0n) is 11.7. The number of nitrogens with zero attached hydrogens (tertiary/aromatic N) is 1. The van der Waals surface area contributed by atoms with Crippen molar-refractivity contribution in [1.82, 2.24) is 9.62 Å². The van der Waals surface area contributed by atoms with Crippen LogP contribution in [0.15, 0.2) is 23.1 Å². The van der Waals surface area contributed by atoms with Crippen molar-refractivity contribution in [1.29, 1.82) is 0 Å². The molecule has 0 radical (unpaired) electrons. The summed E-state index contributed by atoms with van der Waals surface area (Å²) < 4.78 is 27.5. The normalized spacial score (nSPS) is 17.8. The molecule has 0 saturated carbocycles. The molecule has 8 heteroatoms. The maximum absolute atomic E-state index is 12.4. The van der Waals surface area contributed by atoms with Crippen molar-refractivity contribution in [3.05, 3.63) is 28.8 Å². The van der Waals surface area contributed by atoms with Crippen LogP contribution in [-0.2, 0) is 10.0 Å². The minimum Gasteiger partial charge on any atom is -0.389 e. The molecule has 21 heavy (non-hydrogen) atoms. The van der Waals surface area contributed by atoms with E-state index < -0.39 is 10.0 Å². The molecule has 1 aromatic rings. The van der Waals surface area contributed by atoms with E-state index in [0.29, 0.717) is 5.56 Å². The van der Waals surface area contributed by atoms with Crippen LogP contribution in [0.2, 0.25) is 5.02 Å². The van der Waals surface area contributed by atoms with E-state index in [9.17, 15) is 8.42 Å². The summed E-state index contributed by atoms with van der Waals surface area (Å²) in [5.41, 5.74) is 5.99. The summed E-state index contributed by atoms with van der Waals surface area (Å²) in [6, 6.07) is 4.35. The largest absolute Gasteiger partial charge is 0.389 e. The van der Waals surface area contributed by atoms with Gasteiger partial charge in [-0.1, -0.05) is 23.8 Å². The van der Waals surface area contributed by atoms with Crippen LogP contribution in [-0.4, -0.2) is 44.5 Å². The van der Waals surface area contributed by atoms with Crippen LogP contribution >= 0.6 is 23.8 Å². The Balaban J connectivity index is 2.16. The Morgan fingerprint density at radius 1 is 1.43 bits per heavy atom. The lowest BCUT2D eigenvalue weighted by molar-refractivity contribution is 0.248. The quantitative estimate of drug-likeness (QED) is 0.804. The molecule has 0 spiro atoms. The lowest BCUT2D eigenvalue weighted by Crippen LogP contribution is -2.43. The number of piperidine rings is 1. The Hall–Kier alpha value is -0.730. The predicted octanol–water partition coefficient (Wildman–Crippen LogP) is 1.35. The van der Waals surface area contributed by atoms with E-state index in [1.807, 2.05) is 7.05 Å². The molecule has 1 aromatic carbocycles. The van der Waals surface area contributed by atoms with Gasteiger partial charge < -0.3 is 10.6 Å². The van der Waals surface area contributed by atoms with E-state index in [-0.39, 0.29) is 20.9 Å². The van der Waals surface area contributed by atoms with Gasteiger partial charge in [0.05, 0.1) is 9.92 Å². The average molecular weight is 348 g/mol. The van der Waals surface area contributed by atoms with Gasteiger partial charge >= 0.3 is 0 Å². The predicted molar refractivity (Wildman–Crippen MR) is 88.2 cm³/mol. The minimum atomic E-state index is -3.58. The number of rotatable bonds is 4. The maximum Gasteiger partial charge on any atom is 0.240 e. The standard InChI is InChI=1S/C13H18ClN3O2S2/c1-17-6-4-9(5-7-17)16-21(18,19)10-2-3-11(13(15)20)12(14)8-10/h2-3,8-9,16H,4-7H2,1H3,(H2,15,20). The number of likely N-dealkylation sites (tertiary alicyclic amines) is 1. The van der Waals surface area contributed by atoms with Crippen molar-refractivity contribution in [3.8, 4) is 0 Å². The van der Waals surface area contributed by atoms with Gasteiger partial charge in [-0.05, 0) is 51.2 Å². The molecule has 0 unspecified atom stereocenters. The molecular formula is C13H18ClN3O2S2. The first kappa shape index (κ1) is 16.6. The van der Waals surface area contributed by atoms with Crippen molar-refractivity contribution >= 4 is 38.8 Å². The summed E-state index contributed by atoms with van der Waals surface area (Å²) in [6.07, 6.45) is 1.60. The van der Waals surface area contributed by atoms with Crippen LogP contribution in [0.1, 0.15) is 18.4 Å². The first-order valence-corrected chi connectivity index (χ1v) is 8.87. The molecule has 5 nitrogen and oxygen atoms in total. The van der Waals surface area contributed by atoms with E-state index in [0.717, 1.165) is 25.9 Å². The Morgan fingerprint density at radius 2 is 2.05 bits per heavy atom. The topological polar surface area (TPSA) is 75.4 Å². The number of thiocarbonyl (C=S) groups is 1. The molecular weight excluding hydrogens is 330 g/mol. The molecule has 1 heterocycles. The van der Waals surface area contributed by atoms with Crippen LogP contribution in [0.25, 0.3) is 0 Å². The zero-order chi connectivity index (χ0) is 15.6. The summed E-state index contributed by atoms with van der Waals surface area (Å²) in [7, 11) is -1.55. The van der Waals surface area contributed by atoms with Crippen molar-refractivity contribution in [3.63, 3.8) is 0 Å². The molecule has 116 valence electrons. The highest BCUT2D eigenvalue weighted by Crippen LogP contribution is 2.22. The molecule has 0 aliphatic carbocycles. The van der Waals surface area contributed by atoms with Gasteiger partial charge in [-0.2, -0.15) is 0 Å². The van der Waals surface area contributed by atoms with E-state index in [4.69, 9.17) is 29.6 Å². The van der Waals surface area contributed by atoms with Gasteiger partial charge in [-0.15, -0.1) is 0 Å². The third-order valence-corrected chi connectivity index (χ3v) is 5.61. The second-order valence-electron chi connectivity index (χ2n) is 5.20. The van der Waals surface area contributed by atoms with Gasteiger partial charge in [0.1, 0.15) is 4.99 Å². The summed E-state index contributed by atoms with van der Waals surface area (Å²) >= 11 is 10.9. The fraction of sp³-hybridized carbons (Fsp3) is 0.462. The number of hydrogen-bond acceptors (Lipinski definition) is 4.